The van der Waals surface area contributed by atoms with Gasteiger partial charge in [-0.05, 0) is 24.3 Å². The van der Waals surface area contributed by atoms with Crippen molar-refractivity contribution in [2.75, 3.05) is 13.8 Å². The van der Waals surface area contributed by atoms with E-state index in [1.807, 2.05) is 0 Å². The van der Waals surface area contributed by atoms with E-state index in [-0.39, 0.29) is 18.9 Å². The molecule has 1 aliphatic heterocycles. The summed E-state index contributed by atoms with van der Waals surface area (Å²) in [6, 6.07) is 7.16. The summed E-state index contributed by atoms with van der Waals surface area (Å²) in [6.45, 7) is 3.63. The first-order valence-corrected chi connectivity index (χ1v) is 5.57. The fourth-order valence-electron chi connectivity index (χ4n) is 1.63. The summed E-state index contributed by atoms with van der Waals surface area (Å²) in [5, 5.41) is 0. The van der Waals surface area contributed by atoms with Crippen LogP contribution >= 0.6 is 0 Å². The SMILES string of the molecule is C=COC1CC(=O)N1COc1ccc(OC)cc1. The zero-order valence-electron chi connectivity index (χ0n) is 10.2. The van der Waals surface area contributed by atoms with Gasteiger partial charge in [0.25, 0.3) is 0 Å². The van der Waals surface area contributed by atoms with Crippen LogP contribution in [-0.2, 0) is 9.53 Å². The van der Waals surface area contributed by atoms with Crippen LogP contribution in [-0.4, -0.2) is 30.9 Å². The highest BCUT2D eigenvalue weighted by Crippen LogP contribution is 2.22. The van der Waals surface area contributed by atoms with Crippen molar-refractivity contribution in [1.82, 2.24) is 4.90 Å². The van der Waals surface area contributed by atoms with Crippen LogP contribution in [0.25, 0.3) is 0 Å². The van der Waals surface area contributed by atoms with Gasteiger partial charge in [-0.2, -0.15) is 0 Å². The molecule has 1 heterocycles. The number of carbonyl (C=O) groups excluding carboxylic acids is 1. The Morgan fingerprint density at radius 3 is 2.61 bits per heavy atom. The summed E-state index contributed by atoms with van der Waals surface area (Å²) < 4.78 is 15.7. The normalized spacial score (nSPS) is 17.9. The van der Waals surface area contributed by atoms with Crippen LogP contribution in [0.5, 0.6) is 11.5 Å². The molecule has 18 heavy (non-hydrogen) atoms. The number of hydrogen-bond acceptors (Lipinski definition) is 4. The van der Waals surface area contributed by atoms with Crippen molar-refractivity contribution in [3.8, 4) is 11.5 Å². The van der Waals surface area contributed by atoms with Gasteiger partial charge in [0.2, 0.25) is 5.91 Å². The third-order valence-electron chi connectivity index (χ3n) is 2.70. The summed E-state index contributed by atoms with van der Waals surface area (Å²) in [5.41, 5.74) is 0. The average molecular weight is 249 g/mol. The maximum Gasteiger partial charge on any atom is 0.233 e. The first-order chi connectivity index (χ1) is 8.74. The van der Waals surface area contributed by atoms with Gasteiger partial charge in [0.1, 0.15) is 11.5 Å². The molecule has 1 aromatic rings. The van der Waals surface area contributed by atoms with Crippen molar-refractivity contribution in [2.24, 2.45) is 0 Å². The zero-order chi connectivity index (χ0) is 13.0. The molecule has 0 saturated carbocycles. The molecule has 0 N–H and O–H groups in total. The Hall–Kier alpha value is -2.17. The molecule has 2 rings (SSSR count). The summed E-state index contributed by atoms with van der Waals surface area (Å²) in [6.07, 6.45) is 1.45. The average Bonchev–Trinajstić information content (AvgIpc) is 2.39. The van der Waals surface area contributed by atoms with Gasteiger partial charge in [0.05, 0.1) is 19.8 Å². The molecule has 1 unspecified atom stereocenters. The number of hydrogen-bond donors (Lipinski definition) is 0. The fourth-order valence-corrected chi connectivity index (χ4v) is 1.63. The molecule has 1 aliphatic rings. The first-order valence-electron chi connectivity index (χ1n) is 5.57. The van der Waals surface area contributed by atoms with Crippen LogP contribution in [0.15, 0.2) is 37.1 Å². The standard InChI is InChI=1S/C13H15NO4/c1-3-17-13-8-12(15)14(13)9-18-11-6-4-10(16-2)5-7-11/h3-7,13H,1,8-9H2,2H3. The topological polar surface area (TPSA) is 48.0 Å². The lowest BCUT2D eigenvalue weighted by Crippen LogP contribution is -2.54. The lowest BCUT2D eigenvalue weighted by atomic mass is 10.2. The Balaban J connectivity index is 1.86. The molecule has 1 aromatic carbocycles. The van der Waals surface area contributed by atoms with Gasteiger partial charge in [-0.3, -0.25) is 9.69 Å². The van der Waals surface area contributed by atoms with Gasteiger partial charge in [0, 0.05) is 0 Å². The summed E-state index contributed by atoms with van der Waals surface area (Å²) in [7, 11) is 1.60. The van der Waals surface area contributed by atoms with Crippen molar-refractivity contribution in [3.05, 3.63) is 37.1 Å². The van der Waals surface area contributed by atoms with E-state index in [4.69, 9.17) is 14.2 Å². The quantitative estimate of drug-likeness (QED) is 0.569. The third-order valence-corrected chi connectivity index (χ3v) is 2.70. The minimum Gasteiger partial charge on any atom is -0.497 e. The molecule has 5 heteroatoms. The number of nitrogens with zero attached hydrogens (tertiary/aromatic N) is 1. The van der Waals surface area contributed by atoms with E-state index in [0.717, 1.165) is 5.75 Å². The second kappa shape index (κ2) is 5.44. The van der Waals surface area contributed by atoms with Gasteiger partial charge >= 0.3 is 0 Å². The van der Waals surface area contributed by atoms with E-state index in [1.165, 1.54) is 11.2 Å². The molecular weight excluding hydrogens is 234 g/mol. The molecule has 0 aliphatic carbocycles. The Morgan fingerprint density at radius 1 is 1.39 bits per heavy atom. The van der Waals surface area contributed by atoms with E-state index in [1.54, 1.807) is 31.4 Å². The van der Waals surface area contributed by atoms with E-state index in [2.05, 4.69) is 6.58 Å². The Bertz CT molecular complexity index is 427. The lowest BCUT2D eigenvalue weighted by molar-refractivity contribution is -0.173. The highest BCUT2D eigenvalue weighted by molar-refractivity contribution is 5.82. The van der Waals surface area contributed by atoms with Gasteiger partial charge in [-0.15, -0.1) is 0 Å². The summed E-state index contributed by atoms with van der Waals surface area (Å²) in [5.74, 6) is 1.44. The van der Waals surface area contributed by atoms with Crippen LogP contribution in [0.3, 0.4) is 0 Å². The maximum atomic E-state index is 11.3. The lowest BCUT2D eigenvalue weighted by Gasteiger charge is -2.38. The van der Waals surface area contributed by atoms with E-state index in [0.29, 0.717) is 12.2 Å². The monoisotopic (exact) mass is 249 g/mol. The number of benzene rings is 1. The van der Waals surface area contributed by atoms with Crippen LogP contribution in [0.2, 0.25) is 0 Å². The molecule has 96 valence electrons. The molecule has 5 nitrogen and oxygen atoms in total. The minimum atomic E-state index is -0.256. The van der Waals surface area contributed by atoms with Crippen molar-refractivity contribution < 1.29 is 19.0 Å². The van der Waals surface area contributed by atoms with E-state index < -0.39 is 0 Å². The second-order valence-corrected chi connectivity index (χ2v) is 3.77. The van der Waals surface area contributed by atoms with E-state index in [9.17, 15) is 4.79 Å². The molecule has 1 amide bonds. The predicted octanol–water partition coefficient (Wildman–Crippen LogP) is 1.75. The van der Waals surface area contributed by atoms with Crippen molar-refractivity contribution in [3.63, 3.8) is 0 Å². The van der Waals surface area contributed by atoms with Crippen LogP contribution in [0.1, 0.15) is 6.42 Å². The zero-order valence-corrected chi connectivity index (χ0v) is 10.2. The van der Waals surface area contributed by atoms with Crippen LogP contribution in [0, 0.1) is 0 Å². The molecule has 0 radical (unpaired) electrons. The number of ether oxygens (including phenoxy) is 3. The highest BCUT2D eigenvalue weighted by atomic mass is 16.5. The predicted molar refractivity (Wildman–Crippen MR) is 65.0 cm³/mol. The second-order valence-electron chi connectivity index (χ2n) is 3.77. The first kappa shape index (κ1) is 12.3. The van der Waals surface area contributed by atoms with Crippen molar-refractivity contribution >= 4 is 5.91 Å². The van der Waals surface area contributed by atoms with Crippen molar-refractivity contribution in [1.29, 1.82) is 0 Å². The Labute approximate surface area is 106 Å². The number of rotatable bonds is 6. The van der Waals surface area contributed by atoms with Crippen LogP contribution < -0.4 is 9.47 Å². The van der Waals surface area contributed by atoms with Crippen molar-refractivity contribution in [2.45, 2.75) is 12.6 Å². The smallest absolute Gasteiger partial charge is 0.233 e. The van der Waals surface area contributed by atoms with Gasteiger partial charge in [-0.25, -0.2) is 0 Å². The molecule has 1 fully saturated rings. The fraction of sp³-hybridized carbons (Fsp3) is 0.308. The number of β-lactam (4-membered cyclic amide) rings is 1. The third kappa shape index (κ3) is 2.56. The molecule has 0 bridgehead atoms. The largest absolute Gasteiger partial charge is 0.497 e. The van der Waals surface area contributed by atoms with Crippen LogP contribution in [0.4, 0.5) is 0 Å². The molecule has 0 spiro atoms. The summed E-state index contributed by atoms with van der Waals surface area (Å²) in [4.78, 5) is 12.9. The van der Waals surface area contributed by atoms with Gasteiger partial charge < -0.3 is 14.2 Å². The molecule has 1 saturated heterocycles. The molecule has 1 atom stereocenters. The Kier molecular flexibility index (Phi) is 3.72. The van der Waals surface area contributed by atoms with Gasteiger partial charge in [0.15, 0.2) is 13.0 Å². The summed E-state index contributed by atoms with van der Waals surface area (Å²) >= 11 is 0. The molecular formula is C13H15NO4. The molecule has 0 aromatic heterocycles. The maximum absolute atomic E-state index is 11.3. The Morgan fingerprint density at radius 2 is 2.06 bits per heavy atom. The number of likely N-dealkylation sites (tertiary alicyclic amines) is 1. The van der Waals surface area contributed by atoms with E-state index >= 15 is 0 Å². The number of methoxy groups -OCH3 is 1. The number of carbonyl (C=O) groups is 1. The minimum absolute atomic E-state index is 0.00959. The highest BCUT2D eigenvalue weighted by Gasteiger charge is 2.37. The van der Waals surface area contributed by atoms with Gasteiger partial charge in [-0.1, -0.05) is 6.58 Å². The number of amides is 1.